The van der Waals surface area contributed by atoms with Gasteiger partial charge in [0, 0.05) is 0 Å². The molecule has 0 atom stereocenters. The number of carboxylic acids is 1. The number of benzene rings is 1. The van der Waals surface area contributed by atoms with Crippen LogP contribution in [0.2, 0.25) is 0 Å². The lowest BCUT2D eigenvalue weighted by atomic mass is 10.2. The Kier molecular flexibility index (Phi) is 3.03. The van der Waals surface area contributed by atoms with Gasteiger partial charge in [0.05, 0.1) is 0 Å². The first-order valence-corrected chi connectivity index (χ1v) is 3.83. The molecule has 1 N–H and O–H groups in total. The summed E-state index contributed by atoms with van der Waals surface area (Å²) in [6.07, 6.45) is 1.25. The first-order valence-electron chi connectivity index (χ1n) is 3.45. The van der Waals surface area contributed by atoms with Gasteiger partial charge < -0.3 is 5.11 Å². The van der Waals surface area contributed by atoms with Gasteiger partial charge in [-0.05, 0) is 23.8 Å². The fourth-order valence-corrected chi connectivity index (χ4v) is 0.893. The molecule has 4 heteroatoms. The molecule has 2 nitrogen and oxygen atoms in total. The number of carbonyl (C=O) groups is 1. The maximum atomic E-state index is 12.4. The zero-order chi connectivity index (χ0) is 9.84. The smallest absolute Gasteiger partial charge is 0.347 e. The fraction of sp³-hybridized carbons (Fsp3) is 0. The Morgan fingerprint density at radius 1 is 1.38 bits per heavy atom. The van der Waals surface area contributed by atoms with Crippen molar-refractivity contribution < 1.29 is 14.3 Å². The van der Waals surface area contributed by atoms with E-state index < -0.39 is 5.97 Å². The highest BCUT2D eigenvalue weighted by Gasteiger charge is 2.01. The third-order valence-electron chi connectivity index (χ3n) is 1.37. The molecule has 0 aliphatic heterocycles. The summed E-state index contributed by atoms with van der Waals surface area (Å²) in [7, 11) is 0. The molecular weight excluding hydrogens is 195 g/mol. The Morgan fingerprint density at radius 3 is 2.38 bits per heavy atom. The zero-order valence-corrected chi connectivity index (χ0v) is 7.25. The molecule has 1 aromatic carbocycles. The van der Waals surface area contributed by atoms with Gasteiger partial charge in [0.2, 0.25) is 0 Å². The Hall–Kier alpha value is -1.35. The predicted molar refractivity (Wildman–Crippen MR) is 47.9 cm³/mol. The molecule has 0 aliphatic carbocycles. The molecule has 0 saturated carbocycles. The van der Waals surface area contributed by atoms with Gasteiger partial charge in [-0.15, -0.1) is 0 Å². The summed E-state index contributed by atoms with van der Waals surface area (Å²) in [6.45, 7) is 0. The summed E-state index contributed by atoms with van der Waals surface area (Å²) >= 11 is 5.36. The molecule has 0 aromatic heterocycles. The molecule has 1 aromatic rings. The third kappa shape index (κ3) is 2.87. The molecule has 0 amide bonds. The van der Waals surface area contributed by atoms with E-state index in [-0.39, 0.29) is 10.8 Å². The van der Waals surface area contributed by atoms with E-state index in [4.69, 9.17) is 16.7 Å². The maximum absolute atomic E-state index is 12.4. The van der Waals surface area contributed by atoms with Crippen molar-refractivity contribution in [2.75, 3.05) is 0 Å². The van der Waals surface area contributed by atoms with E-state index >= 15 is 0 Å². The molecule has 0 radical (unpaired) electrons. The van der Waals surface area contributed by atoms with Crippen molar-refractivity contribution >= 4 is 23.6 Å². The highest BCUT2D eigenvalue weighted by Crippen LogP contribution is 2.10. The third-order valence-corrected chi connectivity index (χ3v) is 1.64. The van der Waals surface area contributed by atoms with E-state index in [1.165, 1.54) is 30.3 Å². The highest BCUT2D eigenvalue weighted by molar-refractivity contribution is 6.42. The normalized spacial score (nSPS) is 11.4. The van der Waals surface area contributed by atoms with Gasteiger partial charge in [-0.3, -0.25) is 0 Å². The van der Waals surface area contributed by atoms with E-state index in [1.807, 2.05) is 0 Å². The van der Waals surface area contributed by atoms with Crippen molar-refractivity contribution in [3.05, 3.63) is 40.7 Å². The number of halogens is 2. The average molecular weight is 201 g/mol. The summed E-state index contributed by atoms with van der Waals surface area (Å²) in [5.74, 6) is -1.57. The van der Waals surface area contributed by atoms with Crippen LogP contribution in [0.4, 0.5) is 4.39 Å². The van der Waals surface area contributed by atoms with Gasteiger partial charge in [-0.1, -0.05) is 23.7 Å². The van der Waals surface area contributed by atoms with Crippen molar-refractivity contribution in [3.8, 4) is 0 Å². The molecule has 0 saturated heterocycles. The van der Waals surface area contributed by atoms with Crippen molar-refractivity contribution in [1.82, 2.24) is 0 Å². The summed E-state index contributed by atoms with van der Waals surface area (Å²) in [4.78, 5) is 10.3. The lowest BCUT2D eigenvalue weighted by molar-refractivity contribution is -0.131. The van der Waals surface area contributed by atoms with Crippen LogP contribution in [-0.2, 0) is 4.79 Å². The van der Waals surface area contributed by atoms with Gasteiger partial charge in [-0.25, -0.2) is 9.18 Å². The Bertz CT molecular complexity index is 343. The monoisotopic (exact) mass is 200 g/mol. The molecule has 0 fully saturated rings. The average Bonchev–Trinajstić information content (AvgIpc) is 2.08. The van der Waals surface area contributed by atoms with Gasteiger partial charge in [0.25, 0.3) is 0 Å². The minimum absolute atomic E-state index is 0.299. The number of hydrogen-bond acceptors (Lipinski definition) is 1. The van der Waals surface area contributed by atoms with Gasteiger partial charge in [-0.2, -0.15) is 0 Å². The van der Waals surface area contributed by atoms with E-state index in [1.54, 1.807) is 0 Å². The summed E-state index contributed by atoms with van der Waals surface area (Å²) < 4.78 is 12.4. The SMILES string of the molecule is O=C(O)/C(Cl)=C\c1ccc(F)cc1. The largest absolute Gasteiger partial charge is 0.477 e. The van der Waals surface area contributed by atoms with E-state index in [0.29, 0.717) is 5.56 Å². The first-order chi connectivity index (χ1) is 6.09. The Morgan fingerprint density at radius 2 is 1.92 bits per heavy atom. The molecule has 0 bridgehead atoms. The lowest BCUT2D eigenvalue weighted by Crippen LogP contribution is -1.92. The minimum Gasteiger partial charge on any atom is -0.477 e. The fourth-order valence-electron chi connectivity index (χ4n) is 0.767. The highest BCUT2D eigenvalue weighted by atomic mass is 35.5. The molecule has 0 spiro atoms. The lowest BCUT2D eigenvalue weighted by Gasteiger charge is -1.93. The number of rotatable bonds is 2. The van der Waals surface area contributed by atoms with Crippen molar-refractivity contribution in [1.29, 1.82) is 0 Å². The van der Waals surface area contributed by atoms with E-state index in [2.05, 4.69) is 0 Å². The van der Waals surface area contributed by atoms with Crippen molar-refractivity contribution in [3.63, 3.8) is 0 Å². The molecule has 68 valence electrons. The molecule has 0 unspecified atom stereocenters. The van der Waals surface area contributed by atoms with Crippen LogP contribution in [-0.4, -0.2) is 11.1 Å². The Labute approximate surface area is 79.3 Å². The van der Waals surface area contributed by atoms with E-state index in [9.17, 15) is 9.18 Å². The Balaban J connectivity index is 2.92. The molecular formula is C9H6ClFO2. The maximum Gasteiger partial charge on any atom is 0.347 e. The molecule has 0 aliphatic rings. The van der Waals surface area contributed by atoms with Gasteiger partial charge >= 0.3 is 5.97 Å². The van der Waals surface area contributed by atoms with Gasteiger partial charge in [0.15, 0.2) is 0 Å². The van der Waals surface area contributed by atoms with E-state index in [0.717, 1.165) is 0 Å². The van der Waals surface area contributed by atoms with Crippen LogP contribution in [0.5, 0.6) is 0 Å². The predicted octanol–water partition coefficient (Wildman–Crippen LogP) is 2.49. The van der Waals surface area contributed by atoms with Crippen molar-refractivity contribution in [2.24, 2.45) is 0 Å². The van der Waals surface area contributed by atoms with Crippen LogP contribution in [0.3, 0.4) is 0 Å². The number of hydrogen-bond donors (Lipinski definition) is 1. The quantitative estimate of drug-likeness (QED) is 0.745. The molecule has 13 heavy (non-hydrogen) atoms. The second-order valence-electron chi connectivity index (χ2n) is 2.35. The zero-order valence-electron chi connectivity index (χ0n) is 6.50. The summed E-state index contributed by atoms with van der Waals surface area (Å²) in [5.41, 5.74) is 0.550. The standard InChI is InChI=1S/C9H6ClFO2/c10-8(9(12)13)5-6-1-3-7(11)4-2-6/h1-5H,(H,12,13)/b8-5+. The van der Waals surface area contributed by atoms with Crippen LogP contribution < -0.4 is 0 Å². The molecule has 1 rings (SSSR count). The van der Waals surface area contributed by atoms with Crippen LogP contribution in [0.25, 0.3) is 6.08 Å². The van der Waals surface area contributed by atoms with Crippen LogP contribution in [0.15, 0.2) is 29.3 Å². The summed E-state index contributed by atoms with van der Waals surface area (Å²) in [6, 6.07) is 5.36. The van der Waals surface area contributed by atoms with Crippen LogP contribution in [0.1, 0.15) is 5.56 Å². The minimum atomic E-state index is -1.20. The molecule has 0 heterocycles. The second-order valence-corrected chi connectivity index (χ2v) is 2.76. The number of carboxylic acid groups (broad SMARTS) is 1. The summed E-state index contributed by atoms with van der Waals surface area (Å²) in [5, 5.41) is 8.12. The van der Waals surface area contributed by atoms with Crippen molar-refractivity contribution in [2.45, 2.75) is 0 Å². The first kappa shape index (κ1) is 9.74. The topological polar surface area (TPSA) is 37.3 Å². The van der Waals surface area contributed by atoms with Crippen LogP contribution >= 0.6 is 11.6 Å². The van der Waals surface area contributed by atoms with Gasteiger partial charge in [0.1, 0.15) is 10.8 Å². The second kappa shape index (κ2) is 4.05. The van der Waals surface area contributed by atoms with Crippen LogP contribution in [0, 0.1) is 5.82 Å². The number of aliphatic carboxylic acids is 1.